The maximum Gasteiger partial charge on any atom is 0.264 e. The molecular weight excluding hydrogens is 343 g/mol. The molecule has 0 aromatic heterocycles. The third kappa shape index (κ3) is 4.00. The Bertz CT molecular complexity index is 863. The van der Waals surface area contributed by atoms with Crippen molar-refractivity contribution in [3.05, 3.63) is 58.8 Å². The van der Waals surface area contributed by atoms with Crippen LogP contribution < -0.4 is 14.8 Å². The number of amides is 1. The molecule has 7 heteroatoms. The largest absolute Gasteiger partial charge is 0.493 e. The number of nitrogens with zero attached hydrogens (tertiary/aromatic N) is 1. The van der Waals surface area contributed by atoms with Crippen molar-refractivity contribution in [2.24, 2.45) is 4.99 Å². The Balaban J connectivity index is 1.83. The summed E-state index contributed by atoms with van der Waals surface area (Å²) in [5, 5.41) is 3.14. The quantitative estimate of drug-likeness (QED) is 0.846. The number of halogens is 1. The molecule has 128 valence electrons. The molecule has 1 aliphatic rings. The fraction of sp³-hybridized carbons (Fsp3) is 0.111. The van der Waals surface area contributed by atoms with Gasteiger partial charge in [0.1, 0.15) is 5.82 Å². The van der Waals surface area contributed by atoms with Gasteiger partial charge in [-0.2, -0.15) is 0 Å². The molecule has 0 saturated carbocycles. The molecule has 0 unspecified atom stereocenters. The lowest BCUT2D eigenvalue weighted by Crippen LogP contribution is -2.19. The number of hydrogen-bond donors (Lipinski definition) is 1. The SMILES string of the molecule is COc1ccc(C=C2SC(=Nc3ccc(F)cc3)NC2=O)cc1OC. The highest BCUT2D eigenvalue weighted by atomic mass is 32.2. The van der Waals surface area contributed by atoms with Crippen molar-refractivity contribution in [3.63, 3.8) is 0 Å². The van der Waals surface area contributed by atoms with Gasteiger partial charge in [0.05, 0.1) is 24.8 Å². The summed E-state index contributed by atoms with van der Waals surface area (Å²) >= 11 is 1.22. The highest BCUT2D eigenvalue weighted by molar-refractivity contribution is 8.18. The number of thioether (sulfide) groups is 1. The van der Waals surface area contributed by atoms with Gasteiger partial charge in [-0.3, -0.25) is 4.79 Å². The number of carbonyl (C=O) groups is 1. The van der Waals surface area contributed by atoms with Gasteiger partial charge in [0.25, 0.3) is 5.91 Å². The Kier molecular flexibility index (Phi) is 5.04. The van der Waals surface area contributed by atoms with Crippen LogP contribution in [0.25, 0.3) is 6.08 Å². The van der Waals surface area contributed by atoms with E-state index in [2.05, 4.69) is 10.3 Å². The van der Waals surface area contributed by atoms with Crippen LogP contribution in [0.15, 0.2) is 52.4 Å². The number of carbonyl (C=O) groups excluding carboxylic acids is 1. The fourth-order valence-corrected chi connectivity index (χ4v) is 3.05. The number of nitrogens with one attached hydrogen (secondary N) is 1. The molecule has 2 aromatic rings. The first-order chi connectivity index (χ1) is 12.1. The monoisotopic (exact) mass is 358 g/mol. The standard InChI is InChI=1S/C18H15FN2O3S/c1-23-14-8-3-11(9-15(14)24-2)10-16-17(22)21-18(25-16)20-13-6-4-12(19)5-7-13/h3-10H,1-2H3,(H,20,21,22). The highest BCUT2D eigenvalue weighted by Gasteiger charge is 2.24. The molecule has 25 heavy (non-hydrogen) atoms. The van der Waals surface area contributed by atoms with Crippen LogP contribution in [0.4, 0.5) is 10.1 Å². The second kappa shape index (κ2) is 7.40. The van der Waals surface area contributed by atoms with Crippen LogP contribution in [-0.2, 0) is 4.79 Å². The highest BCUT2D eigenvalue weighted by Crippen LogP contribution is 2.32. The molecule has 1 N–H and O–H groups in total. The molecule has 5 nitrogen and oxygen atoms in total. The molecule has 3 rings (SSSR count). The first-order valence-corrected chi connectivity index (χ1v) is 8.18. The summed E-state index contributed by atoms with van der Waals surface area (Å²) in [5.74, 6) is 0.633. The maximum atomic E-state index is 12.9. The summed E-state index contributed by atoms with van der Waals surface area (Å²) in [6.45, 7) is 0. The van der Waals surface area contributed by atoms with Crippen molar-refractivity contribution in [1.82, 2.24) is 5.32 Å². The summed E-state index contributed by atoms with van der Waals surface area (Å²) in [6.07, 6.45) is 1.75. The lowest BCUT2D eigenvalue weighted by molar-refractivity contribution is -0.115. The fourth-order valence-electron chi connectivity index (χ4n) is 2.21. The molecular formula is C18H15FN2O3S. The zero-order valence-electron chi connectivity index (χ0n) is 13.6. The van der Waals surface area contributed by atoms with Crippen molar-refractivity contribution in [3.8, 4) is 11.5 Å². The predicted octanol–water partition coefficient (Wildman–Crippen LogP) is 3.73. The molecule has 1 saturated heterocycles. The molecule has 1 amide bonds. The van der Waals surface area contributed by atoms with Gasteiger partial charge >= 0.3 is 0 Å². The normalized spacial score (nSPS) is 17.0. The number of methoxy groups -OCH3 is 2. The van der Waals surface area contributed by atoms with E-state index in [4.69, 9.17) is 9.47 Å². The van der Waals surface area contributed by atoms with Gasteiger partial charge in [-0.1, -0.05) is 6.07 Å². The number of amidine groups is 1. The second-order valence-corrected chi connectivity index (χ2v) is 6.10. The number of hydrogen-bond acceptors (Lipinski definition) is 5. The average Bonchev–Trinajstić information content (AvgIpc) is 2.96. The summed E-state index contributed by atoms with van der Waals surface area (Å²) in [6, 6.07) is 11.1. The molecule has 0 atom stereocenters. The number of ether oxygens (including phenoxy) is 2. The molecule has 0 spiro atoms. The average molecular weight is 358 g/mol. The van der Waals surface area contributed by atoms with Crippen molar-refractivity contribution in [2.45, 2.75) is 0 Å². The minimum Gasteiger partial charge on any atom is -0.493 e. The Hall–Kier alpha value is -2.80. The Morgan fingerprint density at radius 3 is 2.48 bits per heavy atom. The summed E-state index contributed by atoms with van der Waals surface area (Å²) in [7, 11) is 3.12. The topological polar surface area (TPSA) is 59.9 Å². The minimum absolute atomic E-state index is 0.236. The molecule has 0 bridgehead atoms. The first kappa shape index (κ1) is 17.0. The summed E-state index contributed by atoms with van der Waals surface area (Å²) in [4.78, 5) is 16.9. The third-order valence-corrected chi connectivity index (χ3v) is 4.32. The lowest BCUT2D eigenvalue weighted by Gasteiger charge is -2.07. The van der Waals surface area contributed by atoms with Gasteiger partial charge in [-0.05, 0) is 59.8 Å². The van der Waals surface area contributed by atoms with E-state index in [1.165, 1.54) is 23.9 Å². The van der Waals surface area contributed by atoms with E-state index in [-0.39, 0.29) is 11.7 Å². The smallest absolute Gasteiger partial charge is 0.264 e. The van der Waals surface area contributed by atoms with Crippen LogP contribution in [0.5, 0.6) is 11.5 Å². The van der Waals surface area contributed by atoms with Crippen LogP contribution >= 0.6 is 11.8 Å². The Morgan fingerprint density at radius 1 is 1.08 bits per heavy atom. The van der Waals surface area contributed by atoms with Gasteiger partial charge in [-0.15, -0.1) is 0 Å². The van der Waals surface area contributed by atoms with E-state index in [1.807, 2.05) is 6.07 Å². The molecule has 1 fully saturated rings. The van der Waals surface area contributed by atoms with E-state index in [1.54, 1.807) is 44.6 Å². The first-order valence-electron chi connectivity index (χ1n) is 7.36. The maximum absolute atomic E-state index is 12.9. The van der Waals surface area contributed by atoms with Crippen LogP contribution in [0, 0.1) is 5.82 Å². The Labute approximate surface area is 148 Å². The van der Waals surface area contributed by atoms with Gasteiger partial charge in [0.15, 0.2) is 16.7 Å². The zero-order valence-corrected chi connectivity index (χ0v) is 14.4. The zero-order chi connectivity index (χ0) is 17.8. The number of aliphatic imine (C=N–C) groups is 1. The van der Waals surface area contributed by atoms with E-state index in [0.717, 1.165) is 5.56 Å². The second-order valence-electron chi connectivity index (χ2n) is 5.07. The molecule has 2 aromatic carbocycles. The van der Waals surface area contributed by atoms with E-state index in [0.29, 0.717) is 27.3 Å². The summed E-state index contributed by atoms with van der Waals surface area (Å²) in [5.41, 5.74) is 1.37. The third-order valence-electron chi connectivity index (χ3n) is 3.41. The van der Waals surface area contributed by atoms with Crippen molar-refractivity contribution in [2.75, 3.05) is 14.2 Å². The van der Waals surface area contributed by atoms with E-state index >= 15 is 0 Å². The van der Waals surface area contributed by atoms with E-state index < -0.39 is 0 Å². The minimum atomic E-state index is -0.332. The number of rotatable bonds is 4. The van der Waals surface area contributed by atoms with Crippen LogP contribution in [0.1, 0.15) is 5.56 Å². The van der Waals surface area contributed by atoms with Crippen molar-refractivity contribution >= 4 is 34.6 Å². The van der Waals surface area contributed by atoms with E-state index in [9.17, 15) is 9.18 Å². The van der Waals surface area contributed by atoms with Crippen molar-refractivity contribution < 1.29 is 18.7 Å². The van der Waals surface area contributed by atoms with Gasteiger partial charge < -0.3 is 14.8 Å². The van der Waals surface area contributed by atoms with Gasteiger partial charge in [0, 0.05) is 0 Å². The van der Waals surface area contributed by atoms with Crippen LogP contribution in [0.3, 0.4) is 0 Å². The lowest BCUT2D eigenvalue weighted by atomic mass is 10.2. The van der Waals surface area contributed by atoms with Crippen LogP contribution in [0.2, 0.25) is 0 Å². The number of benzene rings is 2. The molecule has 1 aliphatic heterocycles. The molecule has 1 heterocycles. The van der Waals surface area contributed by atoms with Crippen molar-refractivity contribution in [1.29, 1.82) is 0 Å². The summed E-state index contributed by atoms with van der Waals surface area (Å²) < 4.78 is 23.4. The molecule has 0 radical (unpaired) electrons. The van der Waals surface area contributed by atoms with Gasteiger partial charge in [0.2, 0.25) is 0 Å². The van der Waals surface area contributed by atoms with Gasteiger partial charge in [-0.25, -0.2) is 9.38 Å². The van der Waals surface area contributed by atoms with Crippen LogP contribution in [-0.4, -0.2) is 25.3 Å². The predicted molar refractivity (Wildman–Crippen MR) is 96.8 cm³/mol. The Morgan fingerprint density at radius 2 is 1.80 bits per heavy atom. The molecule has 0 aliphatic carbocycles.